The SMILES string of the molecule is CC(=O)OCC(COC(C)=O)OC(=O)CC(C)CC(=O)OC(C)OC(=O)Cl. The minimum absolute atomic E-state index is 0.141. The molecule has 11 heteroatoms. The van der Waals surface area contributed by atoms with Crippen molar-refractivity contribution in [1.82, 2.24) is 0 Å². The molecule has 0 heterocycles. The van der Waals surface area contributed by atoms with Gasteiger partial charge >= 0.3 is 29.3 Å². The molecule has 2 atom stereocenters. The molecule has 0 amide bonds. The minimum atomic E-state index is -1.15. The van der Waals surface area contributed by atoms with E-state index in [2.05, 4.69) is 4.74 Å². The van der Waals surface area contributed by atoms with E-state index in [0.717, 1.165) is 0 Å². The first-order valence-electron chi connectivity index (χ1n) is 8.01. The van der Waals surface area contributed by atoms with Crippen molar-refractivity contribution in [3.8, 4) is 0 Å². The molecular weight excluding hydrogens is 388 g/mol. The Bertz CT molecular complexity index is 529. The lowest BCUT2D eigenvalue weighted by atomic mass is 10.0. The van der Waals surface area contributed by atoms with Crippen molar-refractivity contribution in [3.63, 3.8) is 0 Å². The van der Waals surface area contributed by atoms with Crippen LogP contribution < -0.4 is 0 Å². The summed E-state index contributed by atoms with van der Waals surface area (Å²) in [5.74, 6) is -2.99. The molecule has 27 heavy (non-hydrogen) atoms. The van der Waals surface area contributed by atoms with E-state index < -0.39 is 47.6 Å². The van der Waals surface area contributed by atoms with Gasteiger partial charge in [0.2, 0.25) is 6.29 Å². The number of ether oxygens (including phenoxy) is 5. The van der Waals surface area contributed by atoms with Gasteiger partial charge in [-0.15, -0.1) is 0 Å². The van der Waals surface area contributed by atoms with Crippen LogP contribution in [0.5, 0.6) is 0 Å². The molecule has 0 saturated carbocycles. The van der Waals surface area contributed by atoms with Gasteiger partial charge in [0.05, 0.1) is 0 Å². The van der Waals surface area contributed by atoms with E-state index in [4.69, 9.17) is 30.5 Å². The zero-order valence-electron chi connectivity index (χ0n) is 15.5. The number of halogens is 1. The highest BCUT2D eigenvalue weighted by Crippen LogP contribution is 2.12. The van der Waals surface area contributed by atoms with Gasteiger partial charge in [0.25, 0.3) is 0 Å². The summed E-state index contributed by atoms with van der Waals surface area (Å²) in [6.45, 7) is 4.74. The largest absolute Gasteiger partial charge is 0.462 e. The van der Waals surface area contributed by atoms with Crippen LogP contribution in [0.25, 0.3) is 0 Å². The van der Waals surface area contributed by atoms with Crippen LogP contribution in [0.4, 0.5) is 4.79 Å². The maximum absolute atomic E-state index is 12.0. The Kier molecular flexibility index (Phi) is 11.8. The predicted octanol–water partition coefficient (Wildman–Crippen LogP) is 1.71. The Morgan fingerprint density at radius 3 is 1.63 bits per heavy atom. The van der Waals surface area contributed by atoms with Crippen molar-refractivity contribution in [3.05, 3.63) is 0 Å². The maximum atomic E-state index is 12.0. The van der Waals surface area contributed by atoms with Gasteiger partial charge in [0.15, 0.2) is 6.10 Å². The molecule has 0 saturated heterocycles. The fourth-order valence-corrected chi connectivity index (χ4v) is 1.93. The Balaban J connectivity index is 4.42. The summed E-state index contributed by atoms with van der Waals surface area (Å²) in [7, 11) is 0. The van der Waals surface area contributed by atoms with Crippen LogP contribution >= 0.6 is 11.6 Å². The number of rotatable bonds is 11. The summed E-state index contributed by atoms with van der Waals surface area (Å²) in [4.78, 5) is 55.9. The number of hydrogen-bond donors (Lipinski definition) is 0. The van der Waals surface area contributed by atoms with Gasteiger partial charge in [-0.05, 0) is 5.92 Å². The summed E-state index contributed by atoms with van der Waals surface area (Å²) in [6, 6.07) is 0. The van der Waals surface area contributed by atoms with E-state index >= 15 is 0 Å². The quantitative estimate of drug-likeness (QED) is 0.214. The first kappa shape index (κ1) is 24.6. The summed E-state index contributed by atoms with van der Waals surface area (Å²) < 4.78 is 23.8. The number of carbonyl (C=O) groups is 5. The Labute approximate surface area is 161 Å². The van der Waals surface area contributed by atoms with Crippen LogP contribution in [0.15, 0.2) is 0 Å². The van der Waals surface area contributed by atoms with E-state index in [-0.39, 0.29) is 26.1 Å². The van der Waals surface area contributed by atoms with Gasteiger partial charge in [-0.25, -0.2) is 4.79 Å². The van der Waals surface area contributed by atoms with E-state index in [1.807, 2.05) is 0 Å². The maximum Gasteiger partial charge on any atom is 0.406 e. The van der Waals surface area contributed by atoms with Gasteiger partial charge in [0, 0.05) is 45.2 Å². The van der Waals surface area contributed by atoms with Gasteiger partial charge in [-0.1, -0.05) is 6.92 Å². The highest BCUT2D eigenvalue weighted by molar-refractivity contribution is 6.61. The second-order valence-electron chi connectivity index (χ2n) is 5.64. The molecule has 0 fully saturated rings. The Morgan fingerprint density at radius 1 is 0.778 bits per heavy atom. The summed E-state index contributed by atoms with van der Waals surface area (Å²) >= 11 is 4.99. The van der Waals surface area contributed by atoms with Gasteiger partial charge < -0.3 is 23.7 Å². The third-order valence-electron chi connectivity index (χ3n) is 2.83. The van der Waals surface area contributed by atoms with Crippen molar-refractivity contribution in [2.75, 3.05) is 13.2 Å². The fourth-order valence-electron chi connectivity index (χ4n) is 1.80. The third-order valence-corrected chi connectivity index (χ3v) is 2.92. The Hall–Kier alpha value is -2.36. The topological polar surface area (TPSA) is 132 Å². The molecule has 0 bridgehead atoms. The fraction of sp³-hybridized carbons (Fsp3) is 0.688. The molecule has 0 aromatic carbocycles. The first-order chi connectivity index (χ1) is 12.5. The van der Waals surface area contributed by atoms with Gasteiger partial charge in [-0.3, -0.25) is 19.2 Å². The smallest absolute Gasteiger partial charge is 0.406 e. The normalized spacial score (nSPS) is 12.5. The molecule has 0 radical (unpaired) electrons. The summed E-state index contributed by atoms with van der Waals surface area (Å²) in [5, 5.41) is 0. The minimum Gasteiger partial charge on any atom is -0.462 e. The van der Waals surface area contributed by atoms with Gasteiger partial charge in [-0.2, -0.15) is 0 Å². The van der Waals surface area contributed by atoms with E-state index in [1.54, 1.807) is 6.92 Å². The summed E-state index contributed by atoms with van der Waals surface area (Å²) in [5.41, 5.74) is -1.11. The molecule has 0 spiro atoms. The molecule has 10 nitrogen and oxygen atoms in total. The van der Waals surface area contributed by atoms with Crippen LogP contribution in [0, 0.1) is 5.92 Å². The average molecular weight is 411 g/mol. The number of esters is 4. The second-order valence-corrected chi connectivity index (χ2v) is 5.95. The predicted molar refractivity (Wildman–Crippen MR) is 89.4 cm³/mol. The third kappa shape index (κ3) is 14.5. The lowest BCUT2D eigenvalue weighted by Crippen LogP contribution is -2.31. The van der Waals surface area contributed by atoms with E-state index in [1.165, 1.54) is 20.8 Å². The zero-order chi connectivity index (χ0) is 21.0. The zero-order valence-corrected chi connectivity index (χ0v) is 16.3. The summed E-state index contributed by atoms with van der Waals surface area (Å²) in [6.07, 6.45) is -2.40. The van der Waals surface area contributed by atoms with Crippen molar-refractivity contribution in [2.24, 2.45) is 5.92 Å². The standard InChI is InChI=1S/C16H23ClO10/c1-9(5-14(20)25-12(4)26-16(17)22)6-15(21)27-13(7-23-10(2)18)8-24-11(3)19/h9,12-13H,5-8H2,1-4H3. The van der Waals surface area contributed by atoms with Crippen LogP contribution in [0.1, 0.15) is 40.5 Å². The van der Waals surface area contributed by atoms with Crippen LogP contribution in [0.2, 0.25) is 0 Å². The average Bonchev–Trinajstić information content (AvgIpc) is 2.47. The molecule has 0 aromatic heterocycles. The lowest BCUT2D eigenvalue weighted by molar-refractivity contribution is -0.168. The van der Waals surface area contributed by atoms with E-state index in [9.17, 15) is 24.0 Å². The second kappa shape index (κ2) is 12.9. The van der Waals surface area contributed by atoms with Crippen molar-refractivity contribution < 1.29 is 47.7 Å². The molecule has 0 N–H and O–H groups in total. The van der Waals surface area contributed by atoms with Crippen molar-refractivity contribution >= 4 is 40.9 Å². The molecule has 0 rings (SSSR count). The molecule has 2 unspecified atom stereocenters. The highest BCUT2D eigenvalue weighted by Gasteiger charge is 2.22. The molecule has 0 aromatic rings. The first-order valence-corrected chi connectivity index (χ1v) is 8.39. The van der Waals surface area contributed by atoms with Gasteiger partial charge in [0.1, 0.15) is 13.2 Å². The molecular formula is C16H23ClO10. The van der Waals surface area contributed by atoms with E-state index in [0.29, 0.717) is 0 Å². The Morgan fingerprint density at radius 2 is 1.22 bits per heavy atom. The van der Waals surface area contributed by atoms with Crippen LogP contribution in [0.3, 0.4) is 0 Å². The molecule has 154 valence electrons. The monoisotopic (exact) mass is 410 g/mol. The molecule has 0 aliphatic carbocycles. The molecule has 0 aliphatic heterocycles. The number of carbonyl (C=O) groups excluding carboxylic acids is 5. The highest BCUT2D eigenvalue weighted by atomic mass is 35.5. The number of hydrogen-bond acceptors (Lipinski definition) is 10. The molecule has 0 aliphatic rings. The van der Waals surface area contributed by atoms with Crippen LogP contribution in [-0.4, -0.2) is 54.9 Å². The van der Waals surface area contributed by atoms with Crippen LogP contribution in [-0.2, 0) is 42.9 Å². The van der Waals surface area contributed by atoms with Crippen molar-refractivity contribution in [2.45, 2.75) is 52.9 Å². The lowest BCUT2D eigenvalue weighted by Gasteiger charge is -2.19. The van der Waals surface area contributed by atoms with Crippen molar-refractivity contribution in [1.29, 1.82) is 0 Å².